The minimum atomic E-state index is 0.332. The van der Waals surface area contributed by atoms with Gasteiger partial charge in [0.1, 0.15) is 17.3 Å². The highest BCUT2D eigenvalue weighted by molar-refractivity contribution is 6.28. The number of nitrogens with zero attached hydrogens (tertiary/aromatic N) is 3. The van der Waals surface area contributed by atoms with Gasteiger partial charge in [0, 0.05) is 24.6 Å². The molecule has 0 unspecified atom stereocenters. The van der Waals surface area contributed by atoms with Crippen molar-refractivity contribution in [2.24, 2.45) is 0 Å². The number of rotatable bonds is 5. The van der Waals surface area contributed by atoms with Crippen LogP contribution in [0, 0.1) is 0 Å². The second kappa shape index (κ2) is 5.93. The van der Waals surface area contributed by atoms with Gasteiger partial charge in [0.05, 0.1) is 19.9 Å². The summed E-state index contributed by atoms with van der Waals surface area (Å²) in [5.74, 6) is 2.21. The number of hydrogen-bond acceptors (Lipinski definition) is 4. The number of methoxy groups -OCH3 is 2. The molecule has 2 rings (SSSR count). The molecular formula is C13H16ClN3O2. The van der Waals surface area contributed by atoms with Crippen LogP contribution in [0.2, 0.25) is 5.28 Å². The molecule has 0 spiro atoms. The number of aryl methyl sites for hydroxylation is 1. The van der Waals surface area contributed by atoms with Gasteiger partial charge in [-0.2, -0.15) is 0 Å². The van der Waals surface area contributed by atoms with Crippen molar-refractivity contribution in [3.63, 3.8) is 0 Å². The monoisotopic (exact) mass is 281 g/mol. The SMILES string of the molecule is CCCc1nnc(Cl)n1-c1cc(OC)cc(OC)c1. The number of aromatic nitrogens is 3. The Morgan fingerprint density at radius 3 is 2.26 bits per heavy atom. The molecule has 0 amide bonds. The fourth-order valence-electron chi connectivity index (χ4n) is 1.86. The van der Waals surface area contributed by atoms with E-state index in [-0.39, 0.29) is 0 Å². The van der Waals surface area contributed by atoms with Crippen molar-refractivity contribution in [2.75, 3.05) is 14.2 Å². The number of ether oxygens (including phenoxy) is 2. The van der Waals surface area contributed by atoms with Crippen LogP contribution in [0.15, 0.2) is 18.2 Å². The van der Waals surface area contributed by atoms with E-state index >= 15 is 0 Å². The van der Waals surface area contributed by atoms with Crippen LogP contribution in [0.25, 0.3) is 5.69 Å². The Morgan fingerprint density at radius 2 is 1.74 bits per heavy atom. The molecule has 6 heteroatoms. The zero-order valence-electron chi connectivity index (χ0n) is 11.2. The lowest BCUT2D eigenvalue weighted by molar-refractivity contribution is 0.394. The van der Waals surface area contributed by atoms with Crippen LogP contribution in [-0.4, -0.2) is 29.0 Å². The molecule has 0 radical (unpaired) electrons. The lowest BCUT2D eigenvalue weighted by atomic mass is 10.2. The number of benzene rings is 1. The highest BCUT2D eigenvalue weighted by atomic mass is 35.5. The Morgan fingerprint density at radius 1 is 1.11 bits per heavy atom. The van der Waals surface area contributed by atoms with E-state index in [9.17, 15) is 0 Å². The maximum Gasteiger partial charge on any atom is 0.229 e. The van der Waals surface area contributed by atoms with Crippen molar-refractivity contribution in [3.05, 3.63) is 29.3 Å². The minimum Gasteiger partial charge on any atom is -0.497 e. The molecule has 0 aliphatic heterocycles. The predicted octanol–water partition coefficient (Wildman–Crippen LogP) is 2.89. The Kier molecular flexibility index (Phi) is 4.27. The van der Waals surface area contributed by atoms with Gasteiger partial charge in [-0.05, 0) is 18.0 Å². The van der Waals surface area contributed by atoms with Gasteiger partial charge in [-0.1, -0.05) is 6.92 Å². The Bertz CT molecular complexity index is 547. The van der Waals surface area contributed by atoms with Crippen molar-refractivity contribution in [1.29, 1.82) is 0 Å². The first-order chi connectivity index (χ1) is 9.19. The largest absolute Gasteiger partial charge is 0.497 e. The first-order valence-corrected chi connectivity index (χ1v) is 6.40. The van der Waals surface area contributed by atoms with Crippen molar-refractivity contribution < 1.29 is 9.47 Å². The van der Waals surface area contributed by atoms with Crippen LogP contribution in [0.3, 0.4) is 0 Å². The first kappa shape index (κ1) is 13.7. The van der Waals surface area contributed by atoms with Gasteiger partial charge in [0.15, 0.2) is 0 Å². The maximum absolute atomic E-state index is 6.11. The molecule has 1 aromatic carbocycles. The maximum atomic E-state index is 6.11. The molecule has 102 valence electrons. The van der Waals surface area contributed by atoms with E-state index in [1.165, 1.54) is 0 Å². The Hall–Kier alpha value is -1.75. The fraction of sp³-hybridized carbons (Fsp3) is 0.385. The van der Waals surface area contributed by atoms with Gasteiger partial charge < -0.3 is 9.47 Å². The normalized spacial score (nSPS) is 10.5. The fourth-order valence-corrected chi connectivity index (χ4v) is 2.09. The third-order valence-electron chi connectivity index (χ3n) is 2.76. The third kappa shape index (κ3) is 2.81. The van der Waals surface area contributed by atoms with Crippen LogP contribution >= 0.6 is 11.6 Å². The standard InChI is InChI=1S/C13H16ClN3O2/c1-4-5-12-15-16-13(14)17(12)9-6-10(18-2)8-11(7-9)19-3/h6-8H,4-5H2,1-3H3. The summed E-state index contributed by atoms with van der Waals surface area (Å²) in [6.45, 7) is 2.08. The van der Waals surface area contributed by atoms with E-state index in [1.54, 1.807) is 24.9 Å². The van der Waals surface area contributed by atoms with Gasteiger partial charge in [-0.3, -0.25) is 4.57 Å². The van der Waals surface area contributed by atoms with Crippen LogP contribution in [-0.2, 0) is 6.42 Å². The van der Waals surface area contributed by atoms with Crippen molar-refractivity contribution in [2.45, 2.75) is 19.8 Å². The van der Waals surface area contributed by atoms with Crippen LogP contribution in [0.1, 0.15) is 19.2 Å². The average Bonchev–Trinajstić information content (AvgIpc) is 2.79. The Labute approximate surface area is 117 Å². The van der Waals surface area contributed by atoms with Gasteiger partial charge in [0.25, 0.3) is 0 Å². The summed E-state index contributed by atoms with van der Waals surface area (Å²) < 4.78 is 12.3. The summed E-state index contributed by atoms with van der Waals surface area (Å²) in [7, 11) is 3.22. The summed E-state index contributed by atoms with van der Waals surface area (Å²) >= 11 is 6.11. The lowest BCUT2D eigenvalue weighted by Crippen LogP contribution is -2.02. The highest BCUT2D eigenvalue weighted by Crippen LogP contribution is 2.27. The van der Waals surface area contributed by atoms with E-state index in [2.05, 4.69) is 17.1 Å². The average molecular weight is 282 g/mol. The summed E-state index contributed by atoms with van der Waals surface area (Å²) in [6, 6.07) is 5.55. The molecule has 0 N–H and O–H groups in total. The highest BCUT2D eigenvalue weighted by Gasteiger charge is 2.13. The molecule has 0 fully saturated rings. The number of hydrogen-bond donors (Lipinski definition) is 0. The molecular weight excluding hydrogens is 266 g/mol. The van der Waals surface area contributed by atoms with E-state index < -0.39 is 0 Å². The lowest BCUT2D eigenvalue weighted by Gasteiger charge is -2.11. The second-order valence-electron chi connectivity index (χ2n) is 4.04. The minimum absolute atomic E-state index is 0.332. The number of halogens is 1. The van der Waals surface area contributed by atoms with Crippen molar-refractivity contribution in [3.8, 4) is 17.2 Å². The molecule has 19 heavy (non-hydrogen) atoms. The second-order valence-corrected chi connectivity index (χ2v) is 4.38. The van der Waals surface area contributed by atoms with Gasteiger partial charge in [-0.25, -0.2) is 0 Å². The molecule has 1 aromatic heterocycles. The summed E-state index contributed by atoms with van der Waals surface area (Å²) in [4.78, 5) is 0. The van der Waals surface area contributed by atoms with Crippen molar-refractivity contribution in [1.82, 2.24) is 14.8 Å². The van der Waals surface area contributed by atoms with Crippen LogP contribution in [0.5, 0.6) is 11.5 Å². The van der Waals surface area contributed by atoms with Gasteiger partial charge in [-0.15, -0.1) is 10.2 Å². The quantitative estimate of drug-likeness (QED) is 0.845. The molecule has 0 bridgehead atoms. The van der Waals surface area contributed by atoms with Gasteiger partial charge in [0.2, 0.25) is 5.28 Å². The molecule has 2 aromatic rings. The van der Waals surface area contributed by atoms with Gasteiger partial charge >= 0.3 is 0 Å². The van der Waals surface area contributed by atoms with E-state index in [4.69, 9.17) is 21.1 Å². The molecule has 0 saturated carbocycles. The smallest absolute Gasteiger partial charge is 0.229 e. The molecule has 1 heterocycles. The molecule has 0 aliphatic carbocycles. The first-order valence-electron chi connectivity index (χ1n) is 6.02. The van der Waals surface area contributed by atoms with Crippen LogP contribution in [0.4, 0.5) is 0 Å². The Balaban J connectivity index is 2.54. The van der Waals surface area contributed by atoms with E-state index in [0.29, 0.717) is 16.8 Å². The summed E-state index contributed by atoms with van der Waals surface area (Å²) in [5.41, 5.74) is 0.828. The van der Waals surface area contributed by atoms with E-state index in [0.717, 1.165) is 24.4 Å². The topological polar surface area (TPSA) is 49.2 Å². The summed E-state index contributed by atoms with van der Waals surface area (Å²) in [5, 5.41) is 8.34. The van der Waals surface area contributed by atoms with Crippen LogP contribution < -0.4 is 9.47 Å². The molecule has 5 nitrogen and oxygen atoms in total. The van der Waals surface area contributed by atoms with Crippen molar-refractivity contribution >= 4 is 11.6 Å². The zero-order chi connectivity index (χ0) is 13.8. The van der Waals surface area contributed by atoms with E-state index in [1.807, 2.05) is 12.1 Å². The zero-order valence-corrected chi connectivity index (χ0v) is 11.9. The molecule has 0 saturated heterocycles. The molecule has 0 atom stereocenters. The predicted molar refractivity (Wildman–Crippen MR) is 73.5 cm³/mol. The molecule has 0 aliphatic rings. The summed E-state index contributed by atoms with van der Waals surface area (Å²) in [6.07, 6.45) is 1.77. The third-order valence-corrected chi connectivity index (χ3v) is 3.00.